The van der Waals surface area contributed by atoms with Crippen LogP contribution in [-0.2, 0) is 6.54 Å². The molecule has 0 atom stereocenters. The Labute approximate surface area is 92.3 Å². The molecule has 0 saturated carbocycles. The van der Waals surface area contributed by atoms with Crippen molar-refractivity contribution in [1.29, 1.82) is 0 Å². The van der Waals surface area contributed by atoms with Gasteiger partial charge in [0.05, 0.1) is 0 Å². The number of aryl methyl sites for hydroxylation is 1. The van der Waals surface area contributed by atoms with Gasteiger partial charge >= 0.3 is 0 Å². The Morgan fingerprint density at radius 2 is 2.00 bits per heavy atom. The van der Waals surface area contributed by atoms with E-state index in [0.29, 0.717) is 0 Å². The van der Waals surface area contributed by atoms with Crippen molar-refractivity contribution >= 4 is 5.69 Å². The van der Waals surface area contributed by atoms with Crippen LogP contribution in [0.5, 0.6) is 0 Å². The predicted molar refractivity (Wildman–Crippen MR) is 65.4 cm³/mol. The van der Waals surface area contributed by atoms with Gasteiger partial charge in [-0.15, -0.1) is 0 Å². The molecule has 1 N–H and O–H groups in total. The Morgan fingerprint density at radius 1 is 1.27 bits per heavy atom. The van der Waals surface area contributed by atoms with Gasteiger partial charge in [0.1, 0.15) is 0 Å². The summed E-state index contributed by atoms with van der Waals surface area (Å²) in [6.45, 7) is 5.62. The zero-order valence-electron chi connectivity index (χ0n) is 9.71. The highest BCUT2D eigenvalue weighted by Gasteiger charge is 2.12. The zero-order valence-corrected chi connectivity index (χ0v) is 9.71. The highest BCUT2D eigenvalue weighted by Crippen LogP contribution is 2.22. The van der Waals surface area contributed by atoms with Crippen LogP contribution < -0.4 is 10.2 Å². The van der Waals surface area contributed by atoms with Crippen molar-refractivity contribution < 1.29 is 0 Å². The Bertz CT molecular complexity index is 327. The number of nitrogens with zero attached hydrogens (tertiary/aromatic N) is 1. The molecule has 2 heteroatoms. The molecule has 0 radical (unpaired) electrons. The number of hydrogen-bond acceptors (Lipinski definition) is 2. The minimum atomic E-state index is 0.964. The first-order valence-electron chi connectivity index (χ1n) is 5.80. The molecule has 0 amide bonds. The molecule has 0 aromatic heterocycles. The normalized spacial score (nSPS) is 16.0. The van der Waals surface area contributed by atoms with E-state index in [1.807, 2.05) is 7.05 Å². The quantitative estimate of drug-likeness (QED) is 0.813. The summed E-state index contributed by atoms with van der Waals surface area (Å²) in [6.07, 6.45) is 2.69. The van der Waals surface area contributed by atoms with Crippen molar-refractivity contribution in [3.8, 4) is 0 Å². The van der Waals surface area contributed by atoms with E-state index in [9.17, 15) is 0 Å². The van der Waals surface area contributed by atoms with E-state index in [0.717, 1.165) is 6.54 Å². The molecule has 0 spiro atoms. The molecule has 2 rings (SSSR count). The standard InChI is InChI=1S/C13H20N2/c1-11-9-13(15-7-3-4-8-15)6-5-12(11)10-14-2/h5-6,9,14H,3-4,7-8,10H2,1-2H3. The van der Waals surface area contributed by atoms with Gasteiger partial charge in [0.25, 0.3) is 0 Å². The predicted octanol–water partition coefficient (Wildman–Crippen LogP) is 2.31. The topological polar surface area (TPSA) is 15.3 Å². The molecule has 1 saturated heterocycles. The van der Waals surface area contributed by atoms with Crippen LogP contribution in [0.4, 0.5) is 5.69 Å². The molecule has 2 nitrogen and oxygen atoms in total. The minimum Gasteiger partial charge on any atom is -0.372 e. The van der Waals surface area contributed by atoms with E-state index < -0.39 is 0 Å². The van der Waals surface area contributed by atoms with Gasteiger partial charge in [0, 0.05) is 25.3 Å². The second-order valence-electron chi connectivity index (χ2n) is 4.34. The summed E-state index contributed by atoms with van der Waals surface area (Å²) < 4.78 is 0. The highest BCUT2D eigenvalue weighted by atomic mass is 15.1. The van der Waals surface area contributed by atoms with Gasteiger partial charge in [0.2, 0.25) is 0 Å². The highest BCUT2D eigenvalue weighted by molar-refractivity contribution is 5.51. The monoisotopic (exact) mass is 204 g/mol. The van der Waals surface area contributed by atoms with Gasteiger partial charge in [-0.05, 0) is 50.1 Å². The largest absolute Gasteiger partial charge is 0.372 e. The van der Waals surface area contributed by atoms with Crippen LogP contribution in [0.3, 0.4) is 0 Å². The summed E-state index contributed by atoms with van der Waals surface area (Å²) in [7, 11) is 1.99. The summed E-state index contributed by atoms with van der Waals surface area (Å²) in [5, 5.41) is 3.20. The molecule has 15 heavy (non-hydrogen) atoms. The third kappa shape index (κ3) is 2.32. The average Bonchev–Trinajstić information content (AvgIpc) is 2.74. The average molecular weight is 204 g/mol. The molecule has 0 aliphatic carbocycles. The van der Waals surface area contributed by atoms with Gasteiger partial charge in [-0.1, -0.05) is 6.07 Å². The van der Waals surface area contributed by atoms with Gasteiger partial charge in [-0.2, -0.15) is 0 Å². The number of hydrogen-bond donors (Lipinski definition) is 1. The fourth-order valence-electron chi connectivity index (χ4n) is 2.24. The summed E-state index contributed by atoms with van der Waals surface area (Å²) in [5.74, 6) is 0. The molecule has 1 fully saturated rings. The number of nitrogens with one attached hydrogen (secondary N) is 1. The van der Waals surface area contributed by atoms with Crippen LogP contribution in [0.2, 0.25) is 0 Å². The van der Waals surface area contributed by atoms with Crippen LogP contribution in [0.15, 0.2) is 18.2 Å². The van der Waals surface area contributed by atoms with Crippen LogP contribution in [-0.4, -0.2) is 20.1 Å². The minimum absolute atomic E-state index is 0.964. The first-order chi connectivity index (χ1) is 7.31. The fourth-order valence-corrected chi connectivity index (χ4v) is 2.24. The Kier molecular flexibility index (Phi) is 3.27. The molecular weight excluding hydrogens is 184 g/mol. The maximum absolute atomic E-state index is 3.20. The van der Waals surface area contributed by atoms with E-state index in [4.69, 9.17) is 0 Å². The number of rotatable bonds is 3. The lowest BCUT2D eigenvalue weighted by molar-refractivity contribution is 0.811. The lowest BCUT2D eigenvalue weighted by Crippen LogP contribution is -2.18. The number of benzene rings is 1. The third-order valence-corrected chi connectivity index (χ3v) is 3.16. The summed E-state index contributed by atoms with van der Waals surface area (Å²) in [6, 6.07) is 6.82. The fraction of sp³-hybridized carbons (Fsp3) is 0.538. The molecule has 82 valence electrons. The maximum Gasteiger partial charge on any atom is 0.0369 e. The first kappa shape index (κ1) is 10.5. The smallest absolute Gasteiger partial charge is 0.0369 e. The maximum atomic E-state index is 3.20. The van der Waals surface area contributed by atoms with E-state index in [2.05, 4.69) is 35.3 Å². The lowest BCUT2D eigenvalue weighted by Gasteiger charge is -2.19. The molecule has 0 bridgehead atoms. The van der Waals surface area contributed by atoms with Crippen LogP contribution >= 0.6 is 0 Å². The van der Waals surface area contributed by atoms with E-state index >= 15 is 0 Å². The van der Waals surface area contributed by atoms with Crippen molar-refractivity contribution in [3.63, 3.8) is 0 Å². The van der Waals surface area contributed by atoms with Crippen molar-refractivity contribution in [2.75, 3.05) is 25.0 Å². The number of anilines is 1. The third-order valence-electron chi connectivity index (χ3n) is 3.16. The zero-order chi connectivity index (χ0) is 10.7. The van der Waals surface area contributed by atoms with E-state index in [1.165, 1.54) is 42.7 Å². The van der Waals surface area contributed by atoms with Crippen molar-refractivity contribution in [2.24, 2.45) is 0 Å². The molecule has 1 heterocycles. The van der Waals surface area contributed by atoms with Crippen LogP contribution in [0.25, 0.3) is 0 Å². The molecule has 0 unspecified atom stereocenters. The van der Waals surface area contributed by atoms with Crippen molar-refractivity contribution in [2.45, 2.75) is 26.3 Å². The Hall–Kier alpha value is -1.02. The van der Waals surface area contributed by atoms with Crippen LogP contribution in [0, 0.1) is 6.92 Å². The molecular formula is C13H20N2. The molecule has 1 aromatic carbocycles. The second-order valence-corrected chi connectivity index (χ2v) is 4.34. The molecule has 1 aliphatic rings. The second kappa shape index (κ2) is 4.67. The molecule has 1 aliphatic heterocycles. The van der Waals surface area contributed by atoms with Crippen molar-refractivity contribution in [3.05, 3.63) is 29.3 Å². The first-order valence-corrected chi connectivity index (χ1v) is 5.80. The lowest BCUT2D eigenvalue weighted by atomic mass is 10.1. The van der Waals surface area contributed by atoms with Gasteiger partial charge in [-0.25, -0.2) is 0 Å². The Balaban J connectivity index is 2.16. The summed E-state index contributed by atoms with van der Waals surface area (Å²) in [4.78, 5) is 2.48. The van der Waals surface area contributed by atoms with Crippen molar-refractivity contribution in [1.82, 2.24) is 5.32 Å². The summed E-state index contributed by atoms with van der Waals surface area (Å²) >= 11 is 0. The molecule has 1 aromatic rings. The summed E-state index contributed by atoms with van der Waals surface area (Å²) in [5.41, 5.74) is 4.19. The Morgan fingerprint density at radius 3 is 2.60 bits per heavy atom. The SMILES string of the molecule is CNCc1ccc(N2CCCC2)cc1C. The van der Waals surface area contributed by atoms with E-state index in [-0.39, 0.29) is 0 Å². The van der Waals surface area contributed by atoms with Gasteiger partial charge in [0.15, 0.2) is 0 Å². The van der Waals surface area contributed by atoms with Crippen LogP contribution in [0.1, 0.15) is 24.0 Å². The van der Waals surface area contributed by atoms with Gasteiger partial charge < -0.3 is 10.2 Å². The van der Waals surface area contributed by atoms with E-state index in [1.54, 1.807) is 0 Å². The van der Waals surface area contributed by atoms with Gasteiger partial charge in [-0.3, -0.25) is 0 Å².